The molecule has 1 amide bonds. The van der Waals surface area contributed by atoms with Gasteiger partial charge in [-0.05, 0) is 37.8 Å². The second-order valence-electron chi connectivity index (χ2n) is 7.00. The van der Waals surface area contributed by atoms with Crippen molar-refractivity contribution < 1.29 is 19.2 Å². The van der Waals surface area contributed by atoms with Gasteiger partial charge in [-0.25, -0.2) is 0 Å². The second kappa shape index (κ2) is 13.2. The Morgan fingerprint density at radius 2 is 1.93 bits per heavy atom. The highest BCUT2D eigenvalue weighted by molar-refractivity contribution is 5.75. The maximum absolute atomic E-state index is 11.9. The van der Waals surface area contributed by atoms with Gasteiger partial charge in [-0.3, -0.25) is 14.9 Å². The van der Waals surface area contributed by atoms with Crippen molar-refractivity contribution in [1.82, 2.24) is 5.32 Å². The summed E-state index contributed by atoms with van der Waals surface area (Å²) >= 11 is 0. The van der Waals surface area contributed by atoms with E-state index in [2.05, 4.69) is 19.2 Å². The monoisotopic (exact) mass is 394 g/mol. The molecule has 28 heavy (non-hydrogen) atoms. The van der Waals surface area contributed by atoms with Crippen molar-refractivity contribution in [2.24, 2.45) is 0 Å². The van der Waals surface area contributed by atoms with E-state index in [0.717, 1.165) is 31.2 Å². The topological polar surface area (TPSA) is 90.7 Å². The summed E-state index contributed by atoms with van der Waals surface area (Å²) < 4.78 is 11.1. The molecule has 1 rings (SSSR count). The van der Waals surface area contributed by atoms with Gasteiger partial charge in [0.15, 0.2) is 0 Å². The van der Waals surface area contributed by atoms with Gasteiger partial charge >= 0.3 is 0 Å². The molecule has 0 heterocycles. The number of carbonyl (C=O) groups excluding carboxylic acids is 1. The molecule has 0 saturated heterocycles. The van der Waals surface area contributed by atoms with Crippen molar-refractivity contribution in [3.63, 3.8) is 0 Å². The van der Waals surface area contributed by atoms with Crippen molar-refractivity contribution in [3.05, 3.63) is 39.4 Å². The Hall–Kier alpha value is -1.99. The molecule has 0 bridgehead atoms. The number of nitrogens with zero attached hydrogens (tertiary/aromatic N) is 1. The van der Waals surface area contributed by atoms with E-state index in [4.69, 9.17) is 9.47 Å². The van der Waals surface area contributed by atoms with Crippen LogP contribution >= 0.6 is 0 Å². The third-order valence-corrected chi connectivity index (χ3v) is 4.59. The van der Waals surface area contributed by atoms with Gasteiger partial charge in [0, 0.05) is 32.7 Å². The molecular weight excluding hydrogens is 360 g/mol. The maximum atomic E-state index is 11.9. The number of amides is 1. The molecule has 1 aromatic rings. The third-order valence-electron chi connectivity index (χ3n) is 4.59. The molecule has 0 aliphatic rings. The summed E-state index contributed by atoms with van der Waals surface area (Å²) in [6.07, 6.45) is 4.64. The summed E-state index contributed by atoms with van der Waals surface area (Å²) in [5, 5.41) is 14.3. The van der Waals surface area contributed by atoms with Crippen LogP contribution in [-0.4, -0.2) is 30.7 Å². The highest BCUT2D eigenvalue weighted by Gasteiger charge is 2.22. The summed E-state index contributed by atoms with van der Waals surface area (Å²) in [6.45, 7) is 6.94. The summed E-state index contributed by atoms with van der Waals surface area (Å²) in [5.74, 6) is -0.0628. The Kier molecular flexibility index (Phi) is 11.4. The first kappa shape index (κ1) is 24.0. The number of nitro benzene ring substituents is 1. The highest BCUT2D eigenvalue weighted by atomic mass is 16.6. The first-order chi connectivity index (χ1) is 13.4. The molecule has 158 valence electrons. The molecule has 0 radical (unpaired) electrons. The van der Waals surface area contributed by atoms with Gasteiger partial charge in [-0.2, -0.15) is 0 Å². The van der Waals surface area contributed by atoms with Crippen LogP contribution in [0.4, 0.5) is 5.69 Å². The number of nitro groups is 1. The van der Waals surface area contributed by atoms with Gasteiger partial charge < -0.3 is 14.8 Å². The molecule has 0 aliphatic carbocycles. The van der Waals surface area contributed by atoms with Crippen LogP contribution in [0.2, 0.25) is 0 Å². The van der Waals surface area contributed by atoms with Crippen molar-refractivity contribution in [1.29, 1.82) is 0 Å². The zero-order valence-corrected chi connectivity index (χ0v) is 17.5. The van der Waals surface area contributed by atoms with Gasteiger partial charge in [-0.15, -0.1) is 0 Å². The number of methoxy groups -OCH3 is 1. The molecule has 1 aromatic carbocycles. The molecule has 0 aliphatic heterocycles. The number of carbonyl (C=O) groups is 1. The lowest BCUT2D eigenvalue weighted by atomic mass is 10.0. The first-order valence-corrected chi connectivity index (χ1v) is 10.1. The fourth-order valence-electron chi connectivity index (χ4n) is 3.16. The lowest BCUT2D eigenvalue weighted by Crippen LogP contribution is -2.23. The van der Waals surface area contributed by atoms with Crippen LogP contribution in [0.5, 0.6) is 0 Å². The van der Waals surface area contributed by atoms with Gasteiger partial charge in [-0.1, -0.05) is 32.8 Å². The molecular formula is C21H34N2O5. The van der Waals surface area contributed by atoms with E-state index in [0.29, 0.717) is 31.6 Å². The van der Waals surface area contributed by atoms with Crippen LogP contribution in [0.25, 0.3) is 0 Å². The van der Waals surface area contributed by atoms with Gasteiger partial charge in [0.25, 0.3) is 5.69 Å². The lowest BCUT2D eigenvalue weighted by Gasteiger charge is -2.22. The summed E-state index contributed by atoms with van der Waals surface area (Å²) in [4.78, 5) is 23.0. The molecule has 7 heteroatoms. The van der Waals surface area contributed by atoms with E-state index in [1.807, 2.05) is 6.92 Å². The molecule has 1 unspecified atom stereocenters. The molecule has 0 aromatic heterocycles. The zero-order valence-electron chi connectivity index (χ0n) is 17.5. The van der Waals surface area contributed by atoms with Gasteiger partial charge in [0.2, 0.25) is 5.91 Å². The largest absolute Gasteiger partial charge is 0.385 e. The molecule has 0 spiro atoms. The van der Waals surface area contributed by atoms with E-state index >= 15 is 0 Å². The minimum absolute atomic E-state index is 0.0504. The predicted octanol–water partition coefficient (Wildman–Crippen LogP) is 4.68. The Labute approximate surface area is 167 Å². The number of benzene rings is 1. The third kappa shape index (κ3) is 8.35. The predicted molar refractivity (Wildman–Crippen MR) is 109 cm³/mol. The fraction of sp³-hybridized carbons (Fsp3) is 0.667. The van der Waals surface area contributed by atoms with E-state index in [1.165, 1.54) is 6.07 Å². The molecule has 7 nitrogen and oxygen atoms in total. The van der Waals surface area contributed by atoms with Gasteiger partial charge in [0.05, 0.1) is 22.7 Å². The normalized spacial score (nSPS) is 12.2. The number of rotatable bonds is 14. The van der Waals surface area contributed by atoms with Crippen LogP contribution in [0, 0.1) is 10.1 Å². The fourth-order valence-corrected chi connectivity index (χ4v) is 3.16. The summed E-state index contributed by atoms with van der Waals surface area (Å²) in [6, 6.07) is 4.95. The van der Waals surface area contributed by atoms with Crippen LogP contribution in [0.3, 0.4) is 0 Å². The summed E-state index contributed by atoms with van der Waals surface area (Å²) in [5.41, 5.74) is 1.42. The van der Waals surface area contributed by atoms with E-state index < -0.39 is 0 Å². The summed E-state index contributed by atoms with van der Waals surface area (Å²) in [7, 11) is 1.60. The Morgan fingerprint density at radius 1 is 1.25 bits per heavy atom. The standard InChI is InChI=1S/C21H34N2O5/c1-5-8-18(9-6-2)28-16(3)19-14-17(11-12-20(19)23(25)26)15-22-21(24)10-7-13-27-4/h11-12,14,16,18H,5-10,13,15H2,1-4H3,(H,22,24). The van der Waals surface area contributed by atoms with Crippen molar-refractivity contribution in [2.45, 2.75) is 78.0 Å². The molecule has 1 atom stereocenters. The molecule has 0 saturated carbocycles. The number of ether oxygens (including phenoxy) is 2. The van der Waals surface area contributed by atoms with E-state index in [1.54, 1.807) is 19.2 Å². The average Bonchev–Trinajstić information content (AvgIpc) is 2.66. The minimum Gasteiger partial charge on any atom is -0.385 e. The Balaban J connectivity index is 2.85. The Bertz CT molecular complexity index is 615. The van der Waals surface area contributed by atoms with Crippen LogP contribution < -0.4 is 5.32 Å². The quantitative estimate of drug-likeness (QED) is 0.281. The Morgan fingerprint density at radius 3 is 2.50 bits per heavy atom. The first-order valence-electron chi connectivity index (χ1n) is 10.1. The minimum atomic E-state index is -0.388. The second-order valence-corrected chi connectivity index (χ2v) is 7.00. The molecule has 1 N–H and O–H groups in total. The SMILES string of the molecule is CCCC(CCC)OC(C)c1cc(CNC(=O)CCCOC)ccc1[N+](=O)[O-]. The number of nitrogens with one attached hydrogen (secondary N) is 1. The van der Waals surface area contributed by atoms with Crippen molar-refractivity contribution in [2.75, 3.05) is 13.7 Å². The molecule has 0 fully saturated rings. The van der Waals surface area contributed by atoms with Crippen LogP contribution in [0.1, 0.15) is 76.5 Å². The van der Waals surface area contributed by atoms with E-state index in [-0.39, 0.29) is 28.7 Å². The van der Waals surface area contributed by atoms with Crippen molar-refractivity contribution >= 4 is 11.6 Å². The lowest BCUT2D eigenvalue weighted by molar-refractivity contribution is -0.386. The number of hydrogen-bond acceptors (Lipinski definition) is 5. The smallest absolute Gasteiger partial charge is 0.275 e. The average molecular weight is 395 g/mol. The van der Waals surface area contributed by atoms with E-state index in [9.17, 15) is 14.9 Å². The maximum Gasteiger partial charge on any atom is 0.275 e. The highest BCUT2D eigenvalue weighted by Crippen LogP contribution is 2.30. The number of hydrogen-bond donors (Lipinski definition) is 1. The van der Waals surface area contributed by atoms with Crippen molar-refractivity contribution in [3.8, 4) is 0 Å². The van der Waals surface area contributed by atoms with Gasteiger partial charge in [0.1, 0.15) is 0 Å². The zero-order chi connectivity index (χ0) is 20.9. The van der Waals surface area contributed by atoms with Crippen LogP contribution in [-0.2, 0) is 20.8 Å². The van der Waals surface area contributed by atoms with Crippen LogP contribution in [0.15, 0.2) is 18.2 Å².